The molecule has 0 bridgehead atoms. The summed E-state index contributed by atoms with van der Waals surface area (Å²) in [5, 5.41) is 0. The maximum atomic E-state index is 15.5. The van der Waals surface area contributed by atoms with Crippen LogP contribution in [0.15, 0.2) is 47.5 Å². The van der Waals surface area contributed by atoms with Gasteiger partial charge in [-0.3, -0.25) is 0 Å². The first-order valence-corrected chi connectivity index (χ1v) is 15.4. The molecule has 0 saturated carbocycles. The van der Waals surface area contributed by atoms with Crippen LogP contribution in [0.25, 0.3) is 0 Å². The molecule has 1 saturated heterocycles. The van der Waals surface area contributed by atoms with Crippen molar-refractivity contribution in [1.29, 1.82) is 0 Å². The predicted molar refractivity (Wildman–Crippen MR) is 174 cm³/mol. The third-order valence-corrected chi connectivity index (χ3v) is 7.01. The second-order valence-electron chi connectivity index (χ2n) is 13.4. The van der Waals surface area contributed by atoms with Crippen molar-refractivity contribution < 1.29 is 33.0 Å². The largest absolute Gasteiger partial charge is 0.497 e. The van der Waals surface area contributed by atoms with Crippen molar-refractivity contribution >= 4 is 24.2 Å². The number of guanidine groups is 1. The van der Waals surface area contributed by atoms with Crippen LogP contribution >= 0.6 is 0 Å². The SMILES string of the molecule is CCCC(c1ccc(OC)cc1)c1cc(CN(C(=O)OC(C)(C)C)C(=NC(=O)OC(C)(C)C)N2CN(C)C(=O)N(C)C2)ccc1F. The molecule has 1 atom stereocenters. The second-order valence-corrected chi connectivity index (χ2v) is 13.4. The average molecular weight is 642 g/mol. The quantitative estimate of drug-likeness (QED) is 0.237. The molecule has 1 aliphatic heterocycles. The zero-order chi connectivity index (χ0) is 34.4. The molecule has 1 unspecified atom stereocenters. The zero-order valence-electron chi connectivity index (χ0n) is 28.7. The number of ether oxygens (including phenoxy) is 3. The van der Waals surface area contributed by atoms with Crippen LogP contribution in [-0.2, 0) is 16.0 Å². The molecule has 1 aliphatic rings. The molecule has 0 aliphatic carbocycles. The number of halogens is 1. The Bertz CT molecular complexity index is 1400. The second kappa shape index (κ2) is 14.8. The average Bonchev–Trinajstić information content (AvgIpc) is 2.95. The lowest BCUT2D eigenvalue weighted by atomic mass is 9.86. The number of carbonyl (C=O) groups is 3. The number of amides is 4. The predicted octanol–water partition coefficient (Wildman–Crippen LogP) is 7.01. The summed E-state index contributed by atoms with van der Waals surface area (Å²) in [5.41, 5.74) is 0.256. The van der Waals surface area contributed by atoms with Gasteiger partial charge in [0, 0.05) is 20.0 Å². The van der Waals surface area contributed by atoms with Gasteiger partial charge in [0.15, 0.2) is 0 Å². The highest BCUT2D eigenvalue weighted by atomic mass is 19.1. The number of urea groups is 1. The molecule has 4 amide bonds. The van der Waals surface area contributed by atoms with Crippen LogP contribution in [0.4, 0.5) is 18.8 Å². The zero-order valence-corrected chi connectivity index (χ0v) is 28.7. The van der Waals surface area contributed by atoms with Gasteiger partial charge >= 0.3 is 18.2 Å². The van der Waals surface area contributed by atoms with Crippen molar-refractivity contribution in [3.8, 4) is 5.75 Å². The van der Waals surface area contributed by atoms with Gasteiger partial charge in [0.1, 0.15) is 22.8 Å². The van der Waals surface area contributed by atoms with Crippen LogP contribution in [0.2, 0.25) is 0 Å². The Morgan fingerprint density at radius 3 is 2.07 bits per heavy atom. The minimum atomic E-state index is -0.916. The van der Waals surface area contributed by atoms with Gasteiger partial charge in [0.2, 0.25) is 5.96 Å². The molecule has 0 aromatic heterocycles. The van der Waals surface area contributed by atoms with E-state index in [1.54, 1.807) is 79.8 Å². The Labute approximate surface area is 271 Å². The maximum absolute atomic E-state index is 15.5. The van der Waals surface area contributed by atoms with Gasteiger partial charge < -0.3 is 28.9 Å². The van der Waals surface area contributed by atoms with Crippen LogP contribution in [-0.4, -0.2) is 89.5 Å². The van der Waals surface area contributed by atoms with Crippen molar-refractivity contribution in [2.24, 2.45) is 4.99 Å². The summed E-state index contributed by atoms with van der Waals surface area (Å²) in [6.07, 6.45) is -0.191. The molecule has 2 aromatic rings. The fraction of sp³-hybridized carbons (Fsp3) is 0.529. The molecule has 46 heavy (non-hydrogen) atoms. The van der Waals surface area contributed by atoms with Gasteiger partial charge in [-0.15, -0.1) is 4.99 Å². The van der Waals surface area contributed by atoms with E-state index in [1.165, 1.54) is 20.8 Å². The standard InChI is InChI=1S/C34H48FN5O6/c1-11-12-26(24-14-16-25(44-10)17-15-24)27-19-23(13-18-28(27)35)20-40(32(43)46-34(5,6)7)29(36-30(41)45-33(2,3)4)39-21-37(8)31(42)38(9)22-39/h13-19,26H,11-12,20-22H2,1-10H3. The van der Waals surface area contributed by atoms with E-state index in [1.807, 2.05) is 31.2 Å². The summed E-state index contributed by atoms with van der Waals surface area (Å²) in [7, 11) is 4.80. The Morgan fingerprint density at radius 2 is 1.54 bits per heavy atom. The molecule has 3 rings (SSSR count). The van der Waals surface area contributed by atoms with Crippen LogP contribution in [0.3, 0.4) is 0 Å². The third kappa shape index (κ3) is 9.82. The molecular weight excluding hydrogens is 593 g/mol. The summed E-state index contributed by atoms with van der Waals surface area (Å²) in [5.74, 6) is 0.00739. The van der Waals surface area contributed by atoms with Gasteiger partial charge in [-0.05, 0) is 82.9 Å². The third-order valence-electron chi connectivity index (χ3n) is 7.01. The summed E-state index contributed by atoms with van der Waals surface area (Å²) in [6, 6.07) is 12.0. The van der Waals surface area contributed by atoms with E-state index in [0.717, 1.165) is 12.0 Å². The first-order chi connectivity index (χ1) is 21.4. The molecule has 11 nitrogen and oxygen atoms in total. The van der Waals surface area contributed by atoms with Gasteiger partial charge in [-0.1, -0.05) is 37.6 Å². The highest BCUT2D eigenvalue weighted by Gasteiger charge is 2.35. The Morgan fingerprint density at radius 1 is 0.957 bits per heavy atom. The Kier molecular flexibility index (Phi) is 11.6. The molecule has 1 heterocycles. The van der Waals surface area contributed by atoms with Crippen molar-refractivity contribution in [2.45, 2.75) is 85.0 Å². The van der Waals surface area contributed by atoms with Gasteiger partial charge in [0.05, 0.1) is 27.0 Å². The molecule has 0 spiro atoms. The highest BCUT2D eigenvalue weighted by molar-refractivity contribution is 5.99. The highest BCUT2D eigenvalue weighted by Crippen LogP contribution is 2.33. The normalized spacial score (nSPS) is 15.1. The van der Waals surface area contributed by atoms with Gasteiger partial charge in [0.25, 0.3) is 0 Å². The van der Waals surface area contributed by atoms with Crippen molar-refractivity contribution in [1.82, 2.24) is 19.6 Å². The lowest BCUT2D eigenvalue weighted by molar-refractivity contribution is 0.0300. The van der Waals surface area contributed by atoms with Crippen molar-refractivity contribution in [3.63, 3.8) is 0 Å². The molecule has 1 fully saturated rings. The maximum Gasteiger partial charge on any atom is 0.437 e. The van der Waals surface area contributed by atoms with Gasteiger partial charge in [-0.2, -0.15) is 0 Å². The van der Waals surface area contributed by atoms with Crippen LogP contribution in [0.1, 0.15) is 83.9 Å². The minimum absolute atomic E-state index is 0.0365. The summed E-state index contributed by atoms with van der Waals surface area (Å²) in [6.45, 7) is 12.3. The van der Waals surface area contributed by atoms with Crippen molar-refractivity contribution in [3.05, 3.63) is 65.0 Å². The number of aliphatic imine (C=N–C) groups is 1. The van der Waals surface area contributed by atoms with Gasteiger partial charge in [-0.25, -0.2) is 23.7 Å². The lowest BCUT2D eigenvalue weighted by Gasteiger charge is -2.42. The number of carbonyl (C=O) groups excluding carboxylic acids is 3. The number of rotatable bonds is 7. The first kappa shape index (κ1) is 36.1. The molecule has 0 radical (unpaired) electrons. The fourth-order valence-electron chi connectivity index (χ4n) is 5.07. The number of nitrogens with zero attached hydrogens (tertiary/aromatic N) is 5. The number of hydrogen-bond acceptors (Lipinski definition) is 6. The van der Waals surface area contributed by atoms with Crippen molar-refractivity contribution in [2.75, 3.05) is 34.5 Å². The summed E-state index contributed by atoms with van der Waals surface area (Å²) in [4.78, 5) is 49.5. The molecular formula is C34H48FN5O6. The van der Waals surface area contributed by atoms with Crippen LogP contribution < -0.4 is 4.74 Å². The van der Waals surface area contributed by atoms with E-state index in [4.69, 9.17) is 14.2 Å². The summed E-state index contributed by atoms with van der Waals surface area (Å²) >= 11 is 0. The topological polar surface area (TPSA) is 104 Å². The number of benzene rings is 2. The van der Waals surface area contributed by atoms with E-state index < -0.39 is 23.4 Å². The fourth-order valence-corrected chi connectivity index (χ4v) is 5.07. The Balaban J connectivity index is 2.14. The molecule has 2 aromatic carbocycles. The van der Waals surface area contributed by atoms with E-state index in [0.29, 0.717) is 23.3 Å². The van der Waals surface area contributed by atoms with E-state index in [2.05, 4.69) is 4.99 Å². The lowest BCUT2D eigenvalue weighted by Crippen LogP contribution is -2.60. The molecule has 0 N–H and O–H groups in total. The number of methoxy groups -OCH3 is 1. The monoisotopic (exact) mass is 641 g/mol. The summed E-state index contributed by atoms with van der Waals surface area (Å²) < 4.78 is 32.1. The smallest absolute Gasteiger partial charge is 0.437 e. The van der Waals surface area contributed by atoms with Crippen LogP contribution in [0, 0.1) is 5.82 Å². The Hall–Kier alpha value is -4.35. The minimum Gasteiger partial charge on any atom is -0.497 e. The number of hydrogen-bond donors (Lipinski definition) is 0. The molecule has 252 valence electrons. The van der Waals surface area contributed by atoms with Crippen LogP contribution in [0.5, 0.6) is 5.75 Å². The van der Waals surface area contributed by atoms with E-state index in [9.17, 15) is 14.4 Å². The van der Waals surface area contributed by atoms with E-state index in [-0.39, 0.29) is 43.6 Å². The molecule has 12 heteroatoms. The first-order valence-electron chi connectivity index (χ1n) is 15.4. The van der Waals surface area contributed by atoms with E-state index >= 15 is 4.39 Å².